The van der Waals surface area contributed by atoms with Gasteiger partial charge in [-0.3, -0.25) is 14.9 Å². The van der Waals surface area contributed by atoms with Crippen molar-refractivity contribution in [2.45, 2.75) is 26.4 Å². The number of nitrogens with zero attached hydrogens (tertiary/aromatic N) is 4. The van der Waals surface area contributed by atoms with Crippen molar-refractivity contribution >= 4 is 66.3 Å². The lowest BCUT2D eigenvalue weighted by molar-refractivity contribution is -0.384. The molecule has 0 amide bonds. The standard InChI is InChI=1S/C25H19Br2ClN4O4/c1-14(2)24-30-22-8-5-17(26)10-20(22)25(33)31(24)29-12-16-9-18(28)11-21(27)23(16)36-13-15-3-6-19(7-4-15)32(34)35/h3-12,14H,13H2,1-2H3. The number of benzene rings is 3. The molecule has 184 valence electrons. The molecule has 0 aliphatic heterocycles. The maximum Gasteiger partial charge on any atom is 0.282 e. The Morgan fingerprint density at radius 2 is 1.89 bits per heavy atom. The Kier molecular flexibility index (Phi) is 7.87. The number of rotatable bonds is 7. The first kappa shape index (κ1) is 26.0. The monoisotopic (exact) mass is 632 g/mol. The Bertz CT molecular complexity index is 1550. The third-order valence-electron chi connectivity index (χ3n) is 5.23. The summed E-state index contributed by atoms with van der Waals surface area (Å²) in [7, 11) is 0. The van der Waals surface area contributed by atoms with Crippen molar-refractivity contribution in [3.63, 3.8) is 0 Å². The molecule has 0 radical (unpaired) electrons. The minimum atomic E-state index is -0.456. The molecule has 0 spiro atoms. The zero-order valence-electron chi connectivity index (χ0n) is 19.1. The molecule has 1 heterocycles. The molecule has 0 saturated carbocycles. The van der Waals surface area contributed by atoms with E-state index in [0.717, 1.165) is 10.0 Å². The normalized spacial score (nSPS) is 11.5. The summed E-state index contributed by atoms with van der Waals surface area (Å²) in [5, 5.41) is 16.2. The third-order valence-corrected chi connectivity index (χ3v) is 6.53. The van der Waals surface area contributed by atoms with Crippen LogP contribution >= 0.6 is 43.5 Å². The van der Waals surface area contributed by atoms with Crippen LogP contribution < -0.4 is 10.3 Å². The van der Waals surface area contributed by atoms with Gasteiger partial charge in [0.1, 0.15) is 18.2 Å². The minimum absolute atomic E-state index is 0.00155. The van der Waals surface area contributed by atoms with E-state index in [2.05, 4.69) is 41.9 Å². The lowest BCUT2D eigenvalue weighted by Crippen LogP contribution is -2.23. The van der Waals surface area contributed by atoms with E-state index in [1.54, 1.807) is 36.4 Å². The first-order chi connectivity index (χ1) is 17.1. The van der Waals surface area contributed by atoms with Crippen LogP contribution in [0, 0.1) is 10.1 Å². The molecule has 0 aliphatic rings. The summed E-state index contributed by atoms with van der Waals surface area (Å²) >= 11 is 13.2. The summed E-state index contributed by atoms with van der Waals surface area (Å²) in [6.45, 7) is 4.03. The van der Waals surface area contributed by atoms with Crippen LogP contribution in [0.15, 0.2) is 73.4 Å². The van der Waals surface area contributed by atoms with Crippen molar-refractivity contribution in [2.24, 2.45) is 5.10 Å². The molecular formula is C25H19Br2ClN4O4. The van der Waals surface area contributed by atoms with Gasteiger partial charge in [-0.05, 0) is 64.0 Å². The number of non-ortho nitro benzene ring substituents is 1. The highest BCUT2D eigenvalue weighted by atomic mass is 79.9. The molecule has 36 heavy (non-hydrogen) atoms. The molecule has 11 heteroatoms. The second kappa shape index (κ2) is 10.9. The van der Waals surface area contributed by atoms with E-state index in [4.69, 9.17) is 16.3 Å². The van der Waals surface area contributed by atoms with Gasteiger partial charge in [0.05, 0.1) is 26.5 Å². The average molecular weight is 635 g/mol. The average Bonchev–Trinajstić information content (AvgIpc) is 2.83. The predicted octanol–water partition coefficient (Wildman–Crippen LogP) is 7.07. The summed E-state index contributed by atoms with van der Waals surface area (Å²) in [6, 6.07) is 14.8. The Hall–Kier alpha value is -3.08. The maximum atomic E-state index is 13.3. The van der Waals surface area contributed by atoms with E-state index < -0.39 is 4.92 Å². The molecule has 0 N–H and O–H groups in total. The van der Waals surface area contributed by atoms with Gasteiger partial charge >= 0.3 is 0 Å². The van der Waals surface area contributed by atoms with Gasteiger partial charge in [-0.15, -0.1) is 0 Å². The number of halogens is 3. The Morgan fingerprint density at radius 1 is 1.17 bits per heavy atom. The van der Waals surface area contributed by atoms with Crippen LogP contribution in [0.1, 0.15) is 36.7 Å². The lowest BCUT2D eigenvalue weighted by Gasteiger charge is -2.14. The topological polar surface area (TPSA) is 99.6 Å². The molecule has 0 atom stereocenters. The van der Waals surface area contributed by atoms with Crippen molar-refractivity contribution in [3.8, 4) is 5.75 Å². The van der Waals surface area contributed by atoms with E-state index in [1.165, 1.54) is 23.0 Å². The van der Waals surface area contributed by atoms with Gasteiger partial charge in [-0.25, -0.2) is 4.98 Å². The largest absolute Gasteiger partial charge is 0.487 e. The summed E-state index contributed by atoms with van der Waals surface area (Å²) in [6.07, 6.45) is 1.50. The van der Waals surface area contributed by atoms with Gasteiger partial charge < -0.3 is 4.74 Å². The minimum Gasteiger partial charge on any atom is -0.487 e. The smallest absolute Gasteiger partial charge is 0.282 e. The van der Waals surface area contributed by atoms with Crippen molar-refractivity contribution in [1.82, 2.24) is 9.66 Å². The summed E-state index contributed by atoms with van der Waals surface area (Å²) in [4.78, 5) is 28.4. The van der Waals surface area contributed by atoms with Crippen LogP contribution in [-0.2, 0) is 6.61 Å². The molecule has 4 aromatic rings. The fourth-order valence-electron chi connectivity index (χ4n) is 3.47. The van der Waals surface area contributed by atoms with Crippen LogP contribution in [0.25, 0.3) is 10.9 Å². The first-order valence-corrected chi connectivity index (χ1v) is 12.7. The van der Waals surface area contributed by atoms with Crippen LogP contribution in [0.4, 0.5) is 5.69 Å². The maximum absolute atomic E-state index is 13.3. The fraction of sp³-hybridized carbons (Fsp3) is 0.160. The molecule has 0 saturated heterocycles. The Balaban J connectivity index is 1.72. The van der Waals surface area contributed by atoms with Crippen molar-refractivity contribution < 1.29 is 9.66 Å². The highest BCUT2D eigenvalue weighted by Crippen LogP contribution is 2.33. The highest BCUT2D eigenvalue weighted by molar-refractivity contribution is 9.10. The zero-order chi connectivity index (χ0) is 26.0. The molecule has 4 rings (SSSR count). The number of hydrogen-bond donors (Lipinski definition) is 0. The van der Waals surface area contributed by atoms with E-state index >= 15 is 0 Å². The quantitative estimate of drug-likeness (QED) is 0.123. The Labute approximate surface area is 228 Å². The van der Waals surface area contributed by atoms with Crippen molar-refractivity contribution in [3.05, 3.63) is 106 Å². The molecule has 0 aliphatic carbocycles. The second-order valence-electron chi connectivity index (χ2n) is 8.17. The number of aromatic nitrogens is 2. The van der Waals surface area contributed by atoms with Crippen LogP contribution in [-0.4, -0.2) is 20.8 Å². The number of hydrogen-bond acceptors (Lipinski definition) is 6. The number of fused-ring (bicyclic) bond motifs is 1. The van der Waals surface area contributed by atoms with E-state index in [-0.39, 0.29) is 23.8 Å². The van der Waals surface area contributed by atoms with Crippen LogP contribution in [0.5, 0.6) is 5.75 Å². The van der Waals surface area contributed by atoms with Gasteiger partial charge in [0.2, 0.25) is 0 Å². The first-order valence-electron chi connectivity index (χ1n) is 10.8. The van der Waals surface area contributed by atoms with Gasteiger partial charge in [-0.2, -0.15) is 9.78 Å². The van der Waals surface area contributed by atoms with Gasteiger partial charge in [0.25, 0.3) is 11.2 Å². The molecular weight excluding hydrogens is 616 g/mol. The van der Waals surface area contributed by atoms with Crippen LogP contribution in [0.2, 0.25) is 5.02 Å². The van der Waals surface area contributed by atoms with Crippen molar-refractivity contribution in [1.29, 1.82) is 0 Å². The SMILES string of the molecule is CC(C)c1nc2ccc(Br)cc2c(=O)n1N=Cc1cc(Cl)cc(Br)c1OCc1ccc([N+](=O)[O-])cc1. The number of ether oxygens (including phenoxy) is 1. The predicted molar refractivity (Wildman–Crippen MR) is 147 cm³/mol. The van der Waals surface area contributed by atoms with E-state index in [1.807, 2.05) is 19.9 Å². The Morgan fingerprint density at radius 3 is 2.56 bits per heavy atom. The third kappa shape index (κ3) is 5.66. The molecule has 8 nitrogen and oxygen atoms in total. The van der Waals surface area contributed by atoms with Gasteiger partial charge in [-0.1, -0.05) is 41.4 Å². The summed E-state index contributed by atoms with van der Waals surface area (Å²) < 4.78 is 8.66. The number of nitro groups is 1. The van der Waals surface area contributed by atoms with Crippen LogP contribution in [0.3, 0.4) is 0 Å². The molecule has 0 unspecified atom stereocenters. The van der Waals surface area contributed by atoms with Gasteiger partial charge in [0.15, 0.2) is 0 Å². The lowest BCUT2D eigenvalue weighted by atomic mass is 10.2. The van der Waals surface area contributed by atoms with E-state index in [9.17, 15) is 14.9 Å². The highest BCUT2D eigenvalue weighted by Gasteiger charge is 2.15. The van der Waals surface area contributed by atoms with Gasteiger partial charge in [0, 0.05) is 33.1 Å². The molecule has 1 aromatic heterocycles. The second-order valence-corrected chi connectivity index (χ2v) is 10.4. The molecule has 3 aromatic carbocycles. The summed E-state index contributed by atoms with van der Waals surface area (Å²) in [5.41, 5.74) is 1.58. The van der Waals surface area contributed by atoms with E-state index in [0.29, 0.717) is 37.5 Å². The molecule has 0 bridgehead atoms. The summed E-state index contributed by atoms with van der Waals surface area (Å²) in [5.74, 6) is 0.907. The number of nitro benzene ring substituents is 1. The van der Waals surface area contributed by atoms with Crippen molar-refractivity contribution in [2.75, 3.05) is 0 Å². The molecule has 0 fully saturated rings. The zero-order valence-corrected chi connectivity index (χ0v) is 23.0. The fourth-order valence-corrected chi connectivity index (χ4v) is 4.78.